The van der Waals surface area contributed by atoms with Crippen LogP contribution in [0, 0.1) is 17.8 Å². The first-order valence-electron chi connectivity index (χ1n) is 9.06. The second-order valence-corrected chi connectivity index (χ2v) is 7.00. The lowest BCUT2D eigenvalue weighted by Crippen LogP contribution is -2.23. The van der Waals surface area contributed by atoms with Crippen LogP contribution in [-0.2, 0) is 0 Å². The molecule has 19 heavy (non-hydrogen) atoms. The number of allylic oxidation sites excluding steroid dienone is 2. The normalized spacial score (nSPS) is 29.9. The average Bonchev–Trinajstić information content (AvgIpc) is 2.49. The van der Waals surface area contributed by atoms with Crippen molar-refractivity contribution in [2.24, 2.45) is 17.8 Å². The standard InChI is InChI=1S/C19H34/c1-2-3-4-5-7-10-17-13-15-19(16-14-17)18-11-8-6-9-12-18/h7,10,17-19H,2-6,8-9,11-16H2,1H3/b10-7+/t17-,19-. The third-order valence-electron chi connectivity index (χ3n) is 5.52. The van der Waals surface area contributed by atoms with Gasteiger partial charge in [0.2, 0.25) is 0 Å². The van der Waals surface area contributed by atoms with Crippen LogP contribution in [0.15, 0.2) is 12.2 Å². The van der Waals surface area contributed by atoms with Crippen molar-refractivity contribution in [2.75, 3.05) is 0 Å². The summed E-state index contributed by atoms with van der Waals surface area (Å²) in [6.07, 6.45) is 24.1. The molecule has 0 bridgehead atoms. The smallest absolute Gasteiger partial charge is 0.0233 e. The van der Waals surface area contributed by atoms with Gasteiger partial charge in [0.15, 0.2) is 0 Å². The van der Waals surface area contributed by atoms with E-state index in [9.17, 15) is 0 Å². The molecule has 110 valence electrons. The second-order valence-electron chi connectivity index (χ2n) is 7.00. The van der Waals surface area contributed by atoms with Crippen molar-refractivity contribution in [3.63, 3.8) is 0 Å². The summed E-state index contributed by atoms with van der Waals surface area (Å²) in [5, 5.41) is 0. The molecular weight excluding hydrogens is 228 g/mol. The summed E-state index contributed by atoms with van der Waals surface area (Å²) in [5.41, 5.74) is 0. The Morgan fingerprint density at radius 3 is 2.16 bits per heavy atom. The SMILES string of the molecule is CCCCC/C=C/[C@H]1CC[C@H](C2CCCCC2)CC1. The maximum Gasteiger partial charge on any atom is -0.0233 e. The van der Waals surface area contributed by atoms with Gasteiger partial charge in [-0.1, -0.05) is 64.0 Å². The average molecular weight is 262 g/mol. The van der Waals surface area contributed by atoms with Gasteiger partial charge in [-0.25, -0.2) is 0 Å². The molecule has 0 aromatic carbocycles. The lowest BCUT2D eigenvalue weighted by atomic mass is 9.71. The zero-order valence-electron chi connectivity index (χ0n) is 13.1. The van der Waals surface area contributed by atoms with E-state index in [1.165, 1.54) is 70.6 Å². The zero-order valence-corrected chi connectivity index (χ0v) is 13.1. The molecule has 0 aromatic rings. The van der Waals surface area contributed by atoms with E-state index in [0.29, 0.717) is 0 Å². The van der Waals surface area contributed by atoms with Crippen molar-refractivity contribution in [1.82, 2.24) is 0 Å². The molecule has 2 saturated carbocycles. The van der Waals surface area contributed by atoms with Gasteiger partial charge in [-0.05, 0) is 56.3 Å². The highest BCUT2D eigenvalue weighted by Crippen LogP contribution is 2.40. The van der Waals surface area contributed by atoms with Gasteiger partial charge < -0.3 is 0 Å². The fourth-order valence-electron chi connectivity index (χ4n) is 4.22. The monoisotopic (exact) mass is 262 g/mol. The van der Waals surface area contributed by atoms with Gasteiger partial charge in [0, 0.05) is 0 Å². The highest BCUT2D eigenvalue weighted by molar-refractivity contribution is 4.92. The lowest BCUT2D eigenvalue weighted by molar-refractivity contribution is 0.180. The van der Waals surface area contributed by atoms with Crippen LogP contribution in [0.1, 0.15) is 90.4 Å². The van der Waals surface area contributed by atoms with Gasteiger partial charge in [-0.2, -0.15) is 0 Å². The summed E-state index contributed by atoms with van der Waals surface area (Å²) >= 11 is 0. The van der Waals surface area contributed by atoms with E-state index in [4.69, 9.17) is 0 Å². The largest absolute Gasteiger partial charge is 0.0883 e. The van der Waals surface area contributed by atoms with Crippen molar-refractivity contribution in [2.45, 2.75) is 90.4 Å². The van der Waals surface area contributed by atoms with E-state index in [-0.39, 0.29) is 0 Å². The van der Waals surface area contributed by atoms with E-state index in [2.05, 4.69) is 19.1 Å². The molecule has 0 amide bonds. The molecule has 0 aromatic heterocycles. The Hall–Kier alpha value is -0.260. The quantitative estimate of drug-likeness (QED) is 0.378. The molecule has 0 radical (unpaired) electrons. The Bertz CT molecular complexity index is 239. The summed E-state index contributed by atoms with van der Waals surface area (Å²) in [5.74, 6) is 3.11. The third-order valence-corrected chi connectivity index (χ3v) is 5.52. The molecule has 0 nitrogen and oxygen atoms in total. The summed E-state index contributed by atoms with van der Waals surface area (Å²) in [6.45, 7) is 2.29. The van der Waals surface area contributed by atoms with Crippen molar-refractivity contribution in [3.8, 4) is 0 Å². The molecule has 0 N–H and O–H groups in total. The Balaban J connectivity index is 1.61. The third kappa shape index (κ3) is 5.32. The van der Waals surface area contributed by atoms with Gasteiger partial charge in [0.1, 0.15) is 0 Å². The van der Waals surface area contributed by atoms with Crippen LogP contribution in [-0.4, -0.2) is 0 Å². The van der Waals surface area contributed by atoms with E-state index in [1.54, 1.807) is 12.8 Å². The molecular formula is C19H34. The van der Waals surface area contributed by atoms with Gasteiger partial charge in [-0.3, -0.25) is 0 Å². The van der Waals surface area contributed by atoms with E-state index < -0.39 is 0 Å². The van der Waals surface area contributed by atoms with Crippen molar-refractivity contribution >= 4 is 0 Å². The van der Waals surface area contributed by atoms with Gasteiger partial charge in [0.05, 0.1) is 0 Å². The van der Waals surface area contributed by atoms with Crippen LogP contribution in [0.25, 0.3) is 0 Å². The predicted molar refractivity (Wildman–Crippen MR) is 85.3 cm³/mol. The molecule has 0 atom stereocenters. The molecule has 2 aliphatic rings. The minimum absolute atomic E-state index is 0.918. The van der Waals surface area contributed by atoms with Crippen LogP contribution in [0.2, 0.25) is 0 Å². The summed E-state index contributed by atoms with van der Waals surface area (Å²) in [7, 11) is 0. The van der Waals surface area contributed by atoms with Gasteiger partial charge in [-0.15, -0.1) is 0 Å². The summed E-state index contributed by atoms with van der Waals surface area (Å²) < 4.78 is 0. The van der Waals surface area contributed by atoms with Gasteiger partial charge in [0.25, 0.3) is 0 Å². The molecule has 2 fully saturated rings. The molecule has 2 rings (SSSR count). The Labute approximate surface area is 121 Å². The van der Waals surface area contributed by atoms with Crippen LogP contribution in [0.5, 0.6) is 0 Å². The maximum atomic E-state index is 2.55. The molecule has 0 aliphatic heterocycles. The molecule has 0 spiro atoms. The number of hydrogen-bond acceptors (Lipinski definition) is 0. The predicted octanol–water partition coefficient (Wildman–Crippen LogP) is 6.51. The lowest BCUT2D eigenvalue weighted by Gasteiger charge is -2.35. The van der Waals surface area contributed by atoms with E-state index in [0.717, 1.165) is 17.8 Å². The summed E-state index contributed by atoms with van der Waals surface area (Å²) in [4.78, 5) is 0. The first kappa shape index (κ1) is 15.1. The zero-order chi connectivity index (χ0) is 13.3. The molecule has 0 heteroatoms. The van der Waals surface area contributed by atoms with E-state index in [1.807, 2.05) is 0 Å². The maximum absolute atomic E-state index is 2.55. The first-order valence-corrected chi connectivity index (χ1v) is 9.06. The fourth-order valence-corrected chi connectivity index (χ4v) is 4.22. The van der Waals surface area contributed by atoms with Gasteiger partial charge >= 0.3 is 0 Å². The van der Waals surface area contributed by atoms with E-state index >= 15 is 0 Å². The molecule has 0 saturated heterocycles. The van der Waals surface area contributed by atoms with Crippen molar-refractivity contribution < 1.29 is 0 Å². The number of rotatable bonds is 6. The molecule has 0 unspecified atom stereocenters. The Morgan fingerprint density at radius 1 is 0.789 bits per heavy atom. The number of unbranched alkanes of at least 4 members (excludes halogenated alkanes) is 3. The highest BCUT2D eigenvalue weighted by atomic mass is 14.3. The molecule has 2 aliphatic carbocycles. The topological polar surface area (TPSA) is 0 Å². The summed E-state index contributed by atoms with van der Waals surface area (Å²) in [6, 6.07) is 0. The minimum Gasteiger partial charge on any atom is -0.0883 e. The Morgan fingerprint density at radius 2 is 1.47 bits per heavy atom. The highest BCUT2D eigenvalue weighted by Gasteiger charge is 2.27. The fraction of sp³-hybridized carbons (Fsp3) is 0.895. The molecule has 0 heterocycles. The Kier molecular flexibility index (Phi) is 7.03. The van der Waals surface area contributed by atoms with Crippen molar-refractivity contribution in [1.29, 1.82) is 0 Å². The van der Waals surface area contributed by atoms with Crippen molar-refractivity contribution in [3.05, 3.63) is 12.2 Å². The second kappa shape index (κ2) is 8.82. The first-order chi connectivity index (χ1) is 9.40. The van der Waals surface area contributed by atoms with Crippen LogP contribution in [0.4, 0.5) is 0 Å². The minimum atomic E-state index is 0.918. The number of hydrogen-bond donors (Lipinski definition) is 0. The van der Waals surface area contributed by atoms with Crippen LogP contribution in [0.3, 0.4) is 0 Å². The van der Waals surface area contributed by atoms with Crippen LogP contribution < -0.4 is 0 Å². The van der Waals surface area contributed by atoms with Crippen LogP contribution >= 0.6 is 0 Å².